The third-order valence-electron chi connectivity index (χ3n) is 1.26. The molecule has 1 aromatic heterocycles. The number of carbonyl (C=O) groups excluding carboxylic acids is 1. The van der Waals surface area contributed by atoms with E-state index in [0.29, 0.717) is 16.6 Å². The number of hydrogen-bond donors (Lipinski definition) is 1. The predicted molar refractivity (Wildman–Crippen MR) is 53.8 cm³/mol. The summed E-state index contributed by atoms with van der Waals surface area (Å²) in [5, 5.41) is 2.49. The Morgan fingerprint density at radius 3 is 2.92 bits per heavy atom. The molecule has 72 valence electrons. The summed E-state index contributed by atoms with van der Waals surface area (Å²) in [5.74, 6) is 0.210. The molecule has 1 rings (SSSR count). The van der Waals surface area contributed by atoms with E-state index in [-0.39, 0.29) is 11.0 Å². The maximum absolute atomic E-state index is 12.8. The molecule has 0 aliphatic carbocycles. The van der Waals surface area contributed by atoms with Crippen molar-refractivity contribution in [3.63, 3.8) is 0 Å². The van der Waals surface area contributed by atoms with Crippen LogP contribution in [0.1, 0.15) is 5.69 Å². The molecule has 0 bridgehead atoms. The van der Waals surface area contributed by atoms with Gasteiger partial charge in [0.1, 0.15) is 0 Å². The van der Waals surface area contributed by atoms with Gasteiger partial charge in [0.15, 0.2) is 5.13 Å². The van der Waals surface area contributed by atoms with E-state index >= 15 is 0 Å². The quantitative estimate of drug-likeness (QED) is 0.845. The van der Waals surface area contributed by atoms with E-state index in [2.05, 4.69) is 10.3 Å². The highest BCUT2D eigenvalue weighted by Crippen LogP contribution is 2.20. The number of carbonyl (C=O) groups is 1. The molecule has 0 unspecified atom stereocenters. The number of amides is 1. The van der Waals surface area contributed by atoms with Crippen LogP contribution < -0.4 is 5.32 Å². The van der Waals surface area contributed by atoms with Crippen molar-refractivity contribution < 1.29 is 9.18 Å². The number of aryl methyl sites for hydroxylation is 1. The number of thiazole rings is 1. The van der Waals surface area contributed by atoms with E-state index in [4.69, 9.17) is 0 Å². The highest BCUT2D eigenvalue weighted by Gasteiger charge is 2.08. The predicted octanol–water partition coefficient (Wildman–Crippen LogP) is 1.89. The van der Waals surface area contributed by atoms with Gasteiger partial charge < -0.3 is 5.32 Å². The van der Waals surface area contributed by atoms with Gasteiger partial charge in [-0.2, -0.15) is 16.2 Å². The molecule has 0 aromatic carbocycles. The Morgan fingerprint density at radius 1 is 1.77 bits per heavy atom. The fourth-order valence-electron chi connectivity index (χ4n) is 0.718. The number of rotatable bonds is 3. The minimum atomic E-state index is -0.348. The van der Waals surface area contributed by atoms with Crippen LogP contribution in [0.15, 0.2) is 0 Å². The van der Waals surface area contributed by atoms with Crippen molar-refractivity contribution in [2.45, 2.75) is 6.92 Å². The Labute approximate surface area is 83.8 Å². The van der Waals surface area contributed by atoms with Gasteiger partial charge in [-0.05, 0) is 13.2 Å². The SMILES string of the molecule is CSCC(=O)Nc1nc(C)c(F)s1. The minimum Gasteiger partial charge on any atom is -0.301 e. The van der Waals surface area contributed by atoms with Crippen LogP contribution >= 0.6 is 23.1 Å². The van der Waals surface area contributed by atoms with Gasteiger partial charge in [0.25, 0.3) is 0 Å². The first kappa shape index (κ1) is 10.5. The molecular formula is C7H9FN2OS2. The maximum Gasteiger partial charge on any atom is 0.236 e. The fourth-order valence-corrected chi connectivity index (χ4v) is 1.76. The number of anilines is 1. The average molecular weight is 220 g/mol. The molecule has 13 heavy (non-hydrogen) atoms. The van der Waals surface area contributed by atoms with Crippen molar-refractivity contribution in [3.05, 3.63) is 10.8 Å². The summed E-state index contributed by atoms with van der Waals surface area (Å²) in [5.41, 5.74) is 0.324. The molecular weight excluding hydrogens is 211 g/mol. The zero-order valence-corrected chi connectivity index (χ0v) is 8.89. The molecule has 0 saturated carbocycles. The summed E-state index contributed by atoms with van der Waals surface area (Å²) >= 11 is 2.26. The fraction of sp³-hybridized carbons (Fsp3) is 0.429. The van der Waals surface area contributed by atoms with Crippen molar-refractivity contribution in [3.8, 4) is 0 Å². The summed E-state index contributed by atoms with van der Waals surface area (Å²) in [6.45, 7) is 1.57. The van der Waals surface area contributed by atoms with Crippen LogP contribution in [0.2, 0.25) is 0 Å². The molecule has 1 aromatic rings. The lowest BCUT2D eigenvalue weighted by Crippen LogP contribution is -2.13. The van der Waals surface area contributed by atoms with Crippen LogP contribution in [-0.4, -0.2) is 22.9 Å². The van der Waals surface area contributed by atoms with Crippen LogP contribution in [0.4, 0.5) is 9.52 Å². The Bertz CT molecular complexity index is 294. The van der Waals surface area contributed by atoms with Gasteiger partial charge in [-0.3, -0.25) is 4.79 Å². The molecule has 0 spiro atoms. The van der Waals surface area contributed by atoms with Gasteiger partial charge in [0.2, 0.25) is 11.0 Å². The van der Waals surface area contributed by atoms with Gasteiger partial charge in [-0.1, -0.05) is 11.3 Å². The molecule has 0 saturated heterocycles. The van der Waals surface area contributed by atoms with Crippen molar-refractivity contribution in [2.75, 3.05) is 17.3 Å². The molecule has 0 aliphatic rings. The topological polar surface area (TPSA) is 42.0 Å². The minimum absolute atomic E-state index is 0.152. The van der Waals surface area contributed by atoms with Crippen molar-refractivity contribution in [1.82, 2.24) is 4.98 Å². The lowest BCUT2D eigenvalue weighted by Gasteiger charge is -1.97. The van der Waals surface area contributed by atoms with E-state index in [9.17, 15) is 9.18 Å². The lowest BCUT2D eigenvalue weighted by molar-refractivity contribution is -0.113. The monoisotopic (exact) mass is 220 g/mol. The largest absolute Gasteiger partial charge is 0.301 e. The van der Waals surface area contributed by atoms with Gasteiger partial charge in [-0.15, -0.1) is 0 Å². The van der Waals surface area contributed by atoms with E-state index in [1.807, 2.05) is 6.26 Å². The number of halogens is 1. The summed E-state index contributed by atoms with van der Waals surface area (Å²) in [6, 6.07) is 0. The number of hydrogen-bond acceptors (Lipinski definition) is 4. The molecule has 1 amide bonds. The van der Waals surface area contributed by atoms with Crippen LogP contribution in [0.25, 0.3) is 0 Å². The highest BCUT2D eigenvalue weighted by atomic mass is 32.2. The normalized spacial score (nSPS) is 10.1. The average Bonchev–Trinajstić information content (AvgIpc) is 2.31. The maximum atomic E-state index is 12.8. The van der Waals surface area contributed by atoms with E-state index in [1.165, 1.54) is 11.8 Å². The third kappa shape index (κ3) is 2.96. The van der Waals surface area contributed by atoms with Crippen LogP contribution in [-0.2, 0) is 4.79 Å². The second-order valence-electron chi connectivity index (χ2n) is 2.36. The molecule has 0 radical (unpaired) electrons. The van der Waals surface area contributed by atoms with Gasteiger partial charge >= 0.3 is 0 Å². The van der Waals surface area contributed by atoms with Crippen molar-refractivity contribution >= 4 is 34.1 Å². The molecule has 0 aliphatic heterocycles. The Hall–Kier alpha value is -0.620. The Kier molecular flexibility index (Phi) is 3.68. The summed E-state index contributed by atoms with van der Waals surface area (Å²) in [6.07, 6.45) is 1.83. The van der Waals surface area contributed by atoms with E-state index < -0.39 is 0 Å². The number of nitrogens with zero attached hydrogens (tertiary/aromatic N) is 1. The second-order valence-corrected chi connectivity index (χ2v) is 4.17. The van der Waals surface area contributed by atoms with Gasteiger partial charge in [-0.25, -0.2) is 4.98 Å². The van der Waals surface area contributed by atoms with E-state index in [1.54, 1.807) is 6.92 Å². The van der Waals surface area contributed by atoms with E-state index in [0.717, 1.165) is 11.3 Å². The van der Waals surface area contributed by atoms with Gasteiger partial charge in [0, 0.05) is 0 Å². The first-order chi connectivity index (χ1) is 6.13. The summed E-state index contributed by atoms with van der Waals surface area (Å²) in [4.78, 5) is 14.9. The Balaban J connectivity index is 2.59. The molecule has 1 N–H and O–H groups in total. The number of thioether (sulfide) groups is 1. The van der Waals surface area contributed by atoms with Crippen LogP contribution in [0.5, 0.6) is 0 Å². The molecule has 6 heteroatoms. The zero-order valence-electron chi connectivity index (χ0n) is 7.26. The second kappa shape index (κ2) is 4.57. The zero-order chi connectivity index (χ0) is 9.84. The standard InChI is InChI=1S/C7H9FN2OS2/c1-4-6(8)13-7(9-4)10-5(11)3-12-2/h3H2,1-2H3,(H,9,10,11). The van der Waals surface area contributed by atoms with Crippen molar-refractivity contribution in [1.29, 1.82) is 0 Å². The Morgan fingerprint density at radius 2 is 2.46 bits per heavy atom. The molecule has 0 atom stereocenters. The van der Waals surface area contributed by atoms with Crippen molar-refractivity contribution in [2.24, 2.45) is 0 Å². The first-order valence-corrected chi connectivity index (χ1v) is 5.76. The van der Waals surface area contributed by atoms with Crippen LogP contribution in [0.3, 0.4) is 0 Å². The first-order valence-electron chi connectivity index (χ1n) is 3.55. The molecule has 0 fully saturated rings. The van der Waals surface area contributed by atoms with Gasteiger partial charge in [0.05, 0.1) is 11.4 Å². The summed E-state index contributed by atoms with van der Waals surface area (Å²) in [7, 11) is 0. The molecule has 1 heterocycles. The molecule has 3 nitrogen and oxygen atoms in total. The lowest BCUT2D eigenvalue weighted by atomic mass is 10.6. The number of aromatic nitrogens is 1. The van der Waals surface area contributed by atoms with Crippen LogP contribution in [0, 0.1) is 12.1 Å². The third-order valence-corrected chi connectivity index (χ3v) is 2.67. The smallest absolute Gasteiger partial charge is 0.236 e. The number of nitrogens with one attached hydrogen (secondary N) is 1. The summed E-state index contributed by atoms with van der Waals surface area (Å²) < 4.78 is 12.8. The highest BCUT2D eigenvalue weighted by molar-refractivity contribution is 7.99.